The molecule has 1 aromatic rings. The van der Waals surface area contributed by atoms with Crippen molar-refractivity contribution in [2.75, 3.05) is 25.6 Å². The predicted molar refractivity (Wildman–Crippen MR) is 81.6 cm³/mol. The maximum atomic E-state index is 12.4. The lowest BCUT2D eigenvalue weighted by Gasteiger charge is -2.24. The summed E-state index contributed by atoms with van der Waals surface area (Å²) in [5.41, 5.74) is 1.02. The topological polar surface area (TPSA) is 93.7 Å². The van der Waals surface area contributed by atoms with Crippen LogP contribution in [0.5, 0.6) is 5.75 Å². The first-order chi connectivity index (χ1) is 10.3. The molecule has 1 amide bonds. The van der Waals surface area contributed by atoms with Crippen molar-refractivity contribution in [3.8, 4) is 5.75 Å². The second-order valence-corrected chi connectivity index (χ2v) is 6.84. The summed E-state index contributed by atoms with van der Waals surface area (Å²) in [5.74, 6) is 0.107. The van der Waals surface area contributed by atoms with E-state index in [0.29, 0.717) is 36.6 Å². The molecule has 1 heterocycles. The maximum Gasteiger partial charge on any atom is 0.265 e. The molecule has 0 saturated carbocycles. The highest BCUT2D eigenvalue weighted by atomic mass is 32.2. The molecule has 122 valence electrons. The number of benzene rings is 1. The first-order valence-electron chi connectivity index (χ1n) is 6.96. The molecule has 1 atom stereocenters. The summed E-state index contributed by atoms with van der Waals surface area (Å²) in [6, 6.07) is 3.04. The van der Waals surface area contributed by atoms with Crippen molar-refractivity contribution in [1.29, 1.82) is 0 Å². The van der Waals surface area contributed by atoms with Gasteiger partial charge in [-0.3, -0.25) is 4.79 Å². The third kappa shape index (κ3) is 3.57. The lowest BCUT2D eigenvalue weighted by atomic mass is 10.1. The maximum absolute atomic E-state index is 12.4. The number of aryl methyl sites for hydroxylation is 1. The molecular formula is C14H20N2O5S. The Bertz CT molecular complexity index is 672. The van der Waals surface area contributed by atoms with Crippen LogP contribution in [0, 0.1) is 6.92 Å². The summed E-state index contributed by atoms with van der Waals surface area (Å²) in [6.45, 7) is 4.06. The standard InChI is InChI=1S/C14H20N2O5S/c1-9-7-11-12(21-10(2)14(17)16-11)8-13(9)22(18,19)15-5-4-6-20-3/h7-8,10,15H,4-6H2,1-3H3,(H,16,17). The fourth-order valence-electron chi connectivity index (χ4n) is 2.13. The number of nitrogens with one attached hydrogen (secondary N) is 2. The molecule has 0 spiro atoms. The molecule has 1 aliphatic heterocycles. The van der Waals surface area contributed by atoms with E-state index in [1.54, 1.807) is 27.0 Å². The van der Waals surface area contributed by atoms with E-state index >= 15 is 0 Å². The molecule has 0 aromatic heterocycles. The van der Waals surface area contributed by atoms with Gasteiger partial charge in [0.25, 0.3) is 5.91 Å². The van der Waals surface area contributed by atoms with E-state index in [1.807, 2.05) is 0 Å². The second kappa shape index (κ2) is 6.64. The minimum atomic E-state index is -3.63. The zero-order valence-corrected chi connectivity index (χ0v) is 13.6. The SMILES string of the molecule is COCCCNS(=O)(=O)c1cc2c(cc1C)NC(=O)C(C)O2. The number of ether oxygens (including phenoxy) is 2. The summed E-state index contributed by atoms with van der Waals surface area (Å²) in [7, 11) is -2.07. The second-order valence-electron chi connectivity index (χ2n) is 5.11. The smallest absolute Gasteiger partial charge is 0.265 e. The van der Waals surface area contributed by atoms with Gasteiger partial charge in [-0.2, -0.15) is 0 Å². The van der Waals surface area contributed by atoms with Crippen LogP contribution in [-0.4, -0.2) is 40.7 Å². The lowest BCUT2D eigenvalue weighted by molar-refractivity contribution is -0.122. The van der Waals surface area contributed by atoms with Crippen molar-refractivity contribution < 1.29 is 22.7 Å². The van der Waals surface area contributed by atoms with E-state index in [9.17, 15) is 13.2 Å². The van der Waals surface area contributed by atoms with Crippen molar-refractivity contribution in [3.05, 3.63) is 17.7 Å². The molecule has 1 aromatic carbocycles. The molecule has 2 rings (SSSR count). The number of sulfonamides is 1. The van der Waals surface area contributed by atoms with Gasteiger partial charge in [0.1, 0.15) is 5.75 Å². The average molecular weight is 328 g/mol. The summed E-state index contributed by atoms with van der Waals surface area (Å²) >= 11 is 0. The minimum Gasteiger partial charge on any atom is -0.479 e. The first kappa shape index (κ1) is 16.7. The number of carbonyl (C=O) groups excluding carboxylic acids is 1. The Hall–Kier alpha value is -1.64. The highest BCUT2D eigenvalue weighted by molar-refractivity contribution is 7.89. The van der Waals surface area contributed by atoms with E-state index in [0.717, 1.165) is 0 Å². The van der Waals surface area contributed by atoms with Gasteiger partial charge in [0.15, 0.2) is 6.10 Å². The Morgan fingerprint density at radius 3 is 2.82 bits per heavy atom. The van der Waals surface area contributed by atoms with Crippen LogP contribution in [0.2, 0.25) is 0 Å². The third-order valence-corrected chi connectivity index (χ3v) is 4.92. The fraction of sp³-hybridized carbons (Fsp3) is 0.500. The van der Waals surface area contributed by atoms with Gasteiger partial charge < -0.3 is 14.8 Å². The zero-order valence-electron chi connectivity index (χ0n) is 12.8. The first-order valence-corrected chi connectivity index (χ1v) is 8.44. The van der Waals surface area contributed by atoms with Gasteiger partial charge in [0, 0.05) is 26.3 Å². The Morgan fingerprint density at radius 1 is 1.41 bits per heavy atom. The van der Waals surface area contributed by atoms with E-state index < -0.39 is 16.1 Å². The van der Waals surface area contributed by atoms with Crippen LogP contribution in [0.1, 0.15) is 18.9 Å². The Morgan fingerprint density at radius 2 is 2.14 bits per heavy atom. The van der Waals surface area contributed by atoms with Gasteiger partial charge in [-0.1, -0.05) is 0 Å². The minimum absolute atomic E-state index is 0.145. The normalized spacial score (nSPS) is 17.6. The number of rotatable bonds is 6. The van der Waals surface area contributed by atoms with Crippen molar-refractivity contribution in [2.24, 2.45) is 0 Å². The molecule has 7 nitrogen and oxygen atoms in total. The average Bonchev–Trinajstić information content (AvgIpc) is 2.45. The van der Waals surface area contributed by atoms with Gasteiger partial charge in [-0.05, 0) is 31.9 Å². The summed E-state index contributed by atoms with van der Waals surface area (Å²) < 4.78 is 37.6. The summed E-state index contributed by atoms with van der Waals surface area (Å²) in [4.78, 5) is 11.7. The molecule has 0 radical (unpaired) electrons. The number of methoxy groups -OCH3 is 1. The van der Waals surface area contributed by atoms with Crippen molar-refractivity contribution in [3.63, 3.8) is 0 Å². The van der Waals surface area contributed by atoms with Gasteiger partial charge >= 0.3 is 0 Å². The summed E-state index contributed by atoms with van der Waals surface area (Å²) in [6.07, 6.45) is -0.0658. The van der Waals surface area contributed by atoms with E-state index in [1.165, 1.54) is 6.07 Å². The van der Waals surface area contributed by atoms with Crippen LogP contribution in [0.4, 0.5) is 5.69 Å². The van der Waals surface area contributed by atoms with Crippen molar-refractivity contribution in [1.82, 2.24) is 4.72 Å². The lowest BCUT2D eigenvalue weighted by Crippen LogP contribution is -2.34. The molecule has 22 heavy (non-hydrogen) atoms. The van der Waals surface area contributed by atoms with Crippen molar-refractivity contribution >= 4 is 21.6 Å². The Balaban J connectivity index is 2.25. The number of fused-ring (bicyclic) bond motifs is 1. The van der Waals surface area contributed by atoms with Gasteiger partial charge in [0.2, 0.25) is 10.0 Å². The molecular weight excluding hydrogens is 308 g/mol. The quantitative estimate of drug-likeness (QED) is 0.761. The van der Waals surface area contributed by atoms with E-state index in [-0.39, 0.29) is 10.8 Å². The van der Waals surface area contributed by atoms with Gasteiger partial charge in [0.05, 0.1) is 10.6 Å². The highest BCUT2D eigenvalue weighted by Crippen LogP contribution is 2.34. The van der Waals surface area contributed by atoms with E-state index in [4.69, 9.17) is 9.47 Å². The molecule has 1 unspecified atom stereocenters. The van der Waals surface area contributed by atoms with Crippen LogP contribution in [0.25, 0.3) is 0 Å². The molecule has 1 aliphatic rings. The van der Waals surface area contributed by atoms with Crippen LogP contribution in [0.3, 0.4) is 0 Å². The fourth-order valence-corrected chi connectivity index (χ4v) is 3.45. The monoisotopic (exact) mass is 328 g/mol. The number of hydrogen-bond acceptors (Lipinski definition) is 5. The number of anilines is 1. The predicted octanol–water partition coefficient (Wildman–Crippen LogP) is 1.03. The number of hydrogen-bond donors (Lipinski definition) is 2. The molecule has 0 fully saturated rings. The summed E-state index contributed by atoms with van der Waals surface area (Å²) in [5, 5.41) is 2.69. The molecule has 8 heteroatoms. The van der Waals surface area contributed by atoms with E-state index in [2.05, 4.69) is 10.0 Å². The third-order valence-electron chi connectivity index (χ3n) is 3.31. The Kier molecular flexibility index (Phi) is 5.05. The molecule has 2 N–H and O–H groups in total. The van der Waals surface area contributed by atoms with Crippen LogP contribution < -0.4 is 14.8 Å². The van der Waals surface area contributed by atoms with Crippen LogP contribution in [-0.2, 0) is 19.6 Å². The van der Waals surface area contributed by atoms with Gasteiger partial charge in [-0.15, -0.1) is 0 Å². The molecule has 0 aliphatic carbocycles. The Labute approximate surface area is 130 Å². The van der Waals surface area contributed by atoms with Crippen molar-refractivity contribution in [2.45, 2.75) is 31.3 Å². The van der Waals surface area contributed by atoms with Crippen LogP contribution >= 0.6 is 0 Å². The molecule has 0 saturated heterocycles. The largest absolute Gasteiger partial charge is 0.479 e. The molecule has 0 bridgehead atoms. The number of carbonyl (C=O) groups is 1. The zero-order chi connectivity index (χ0) is 16.3. The highest BCUT2D eigenvalue weighted by Gasteiger charge is 2.27. The number of amides is 1. The van der Waals surface area contributed by atoms with Crippen LogP contribution in [0.15, 0.2) is 17.0 Å². The van der Waals surface area contributed by atoms with Gasteiger partial charge in [-0.25, -0.2) is 13.1 Å².